The maximum absolute atomic E-state index is 13.1. The van der Waals surface area contributed by atoms with Crippen molar-refractivity contribution < 1.29 is 9.59 Å². The molecule has 0 radical (unpaired) electrons. The Morgan fingerprint density at radius 1 is 1.25 bits per heavy atom. The Kier molecular flexibility index (Phi) is 5.04. The smallest absolute Gasteiger partial charge is 0.265 e. The lowest BCUT2D eigenvalue weighted by Crippen LogP contribution is -2.13. The van der Waals surface area contributed by atoms with Gasteiger partial charge in [-0.3, -0.25) is 14.9 Å². The number of thiophene rings is 1. The van der Waals surface area contributed by atoms with Crippen molar-refractivity contribution in [3.8, 4) is 11.3 Å². The van der Waals surface area contributed by atoms with Crippen LogP contribution in [0, 0.1) is 6.92 Å². The Balaban J connectivity index is 1.41. The van der Waals surface area contributed by atoms with E-state index in [-0.39, 0.29) is 5.91 Å². The number of nitrogens with two attached hydrogens (primary N) is 1. The number of thiazole rings is 1. The average Bonchev–Trinajstić information content (AvgIpc) is 3.55. The molecule has 0 saturated carbocycles. The number of hydrogen-bond acceptors (Lipinski definition) is 7. The monoisotopic (exact) mass is 463 g/mol. The first-order chi connectivity index (χ1) is 15.5. The first kappa shape index (κ1) is 20.1. The van der Waals surface area contributed by atoms with Gasteiger partial charge in [0, 0.05) is 27.7 Å². The normalized spacial score (nSPS) is 11.2. The molecule has 4 N–H and O–H groups in total. The topological polar surface area (TPSA) is 132 Å². The van der Waals surface area contributed by atoms with Crippen LogP contribution in [-0.4, -0.2) is 36.5 Å². The standard InChI is InChI=1S/C21H17N7O2S2/c1-11-5-14(15-8-24-28(19(15)25-11)9-13-3-2-4-31-13)20(30)27-21-26-17(10-32-21)12-6-16(18(22)29)23-7-12/h2-8,10,23H,9H2,1H3,(H2,22,29)(H,26,27,30). The van der Waals surface area contributed by atoms with Crippen molar-refractivity contribution in [2.75, 3.05) is 5.32 Å². The summed E-state index contributed by atoms with van der Waals surface area (Å²) in [6, 6.07) is 7.40. The number of primary amides is 1. The van der Waals surface area contributed by atoms with Crippen LogP contribution in [0.1, 0.15) is 31.4 Å². The van der Waals surface area contributed by atoms with Crippen LogP contribution in [-0.2, 0) is 6.54 Å². The van der Waals surface area contributed by atoms with Crippen LogP contribution in [0.4, 0.5) is 5.13 Å². The summed E-state index contributed by atoms with van der Waals surface area (Å²) >= 11 is 2.94. The molecule has 11 heteroatoms. The number of nitrogens with one attached hydrogen (secondary N) is 2. The van der Waals surface area contributed by atoms with E-state index in [0.717, 1.165) is 10.6 Å². The van der Waals surface area contributed by atoms with Crippen molar-refractivity contribution in [3.63, 3.8) is 0 Å². The third kappa shape index (κ3) is 3.79. The van der Waals surface area contributed by atoms with Crippen molar-refractivity contribution in [3.05, 3.63) is 69.2 Å². The van der Waals surface area contributed by atoms with E-state index in [9.17, 15) is 9.59 Å². The zero-order valence-electron chi connectivity index (χ0n) is 16.8. The second kappa shape index (κ2) is 8.02. The Bertz CT molecular complexity index is 1450. The summed E-state index contributed by atoms with van der Waals surface area (Å²) in [5, 5.41) is 12.2. The number of pyridine rings is 1. The highest BCUT2D eigenvalue weighted by Gasteiger charge is 2.18. The largest absolute Gasteiger partial charge is 0.364 e. The minimum absolute atomic E-state index is 0.288. The number of carbonyl (C=O) groups is 2. The summed E-state index contributed by atoms with van der Waals surface area (Å²) in [5.74, 6) is -0.833. The lowest BCUT2D eigenvalue weighted by molar-refractivity contribution is 0.0994. The summed E-state index contributed by atoms with van der Waals surface area (Å²) < 4.78 is 1.80. The van der Waals surface area contributed by atoms with E-state index in [4.69, 9.17) is 5.73 Å². The highest BCUT2D eigenvalue weighted by molar-refractivity contribution is 7.14. The highest BCUT2D eigenvalue weighted by atomic mass is 32.1. The van der Waals surface area contributed by atoms with Gasteiger partial charge in [0.25, 0.3) is 11.8 Å². The van der Waals surface area contributed by atoms with Crippen molar-refractivity contribution in [2.24, 2.45) is 5.73 Å². The lowest BCUT2D eigenvalue weighted by Gasteiger charge is -2.06. The Morgan fingerprint density at radius 3 is 2.88 bits per heavy atom. The van der Waals surface area contributed by atoms with Crippen LogP contribution in [0.15, 0.2) is 47.4 Å². The molecule has 0 aromatic carbocycles. The van der Waals surface area contributed by atoms with Gasteiger partial charge in [-0.05, 0) is 30.5 Å². The van der Waals surface area contributed by atoms with E-state index in [1.54, 1.807) is 45.9 Å². The molecule has 0 aliphatic heterocycles. The molecule has 0 unspecified atom stereocenters. The molecule has 32 heavy (non-hydrogen) atoms. The number of H-pyrrole nitrogens is 1. The van der Waals surface area contributed by atoms with Gasteiger partial charge in [-0.1, -0.05) is 6.07 Å². The summed E-state index contributed by atoms with van der Waals surface area (Å²) in [5.41, 5.74) is 8.80. The fourth-order valence-corrected chi connectivity index (χ4v) is 4.74. The van der Waals surface area contributed by atoms with Gasteiger partial charge in [0.15, 0.2) is 10.8 Å². The molecule has 9 nitrogen and oxygen atoms in total. The first-order valence-electron chi connectivity index (χ1n) is 9.59. The summed E-state index contributed by atoms with van der Waals surface area (Å²) in [6.45, 7) is 2.45. The highest BCUT2D eigenvalue weighted by Crippen LogP contribution is 2.27. The predicted molar refractivity (Wildman–Crippen MR) is 124 cm³/mol. The number of hydrogen-bond donors (Lipinski definition) is 3. The molecule has 5 rings (SSSR count). The second-order valence-electron chi connectivity index (χ2n) is 7.09. The van der Waals surface area contributed by atoms with Crippen molar-refractivity contribution >= 4 is 50.7 Å². The minimum Gasteiger partial charge on any atom is -0.364 e. The van der Waals surface area contributed by atoms with Gasteiger partial charge in [-0.25, -0.2) is 14.6 Å². The van der Waals surface area contributed by atoms with Gasteiger partial charge in [0.2, 0.25) is 0 Å². The predicted octanol–water partition coefficient (Wildman–Crippen LogP) is 3.65. The number of rotatable bonds is 6. The molecule has 0 aliphatic rings. The zero-order valence-corrected chi connectivity index (χ0v) is 18.5. The second-order valence-corrected chi connectivity index (χ2v) is 8.98. The quantitative estimate of drug-likeness (QED) is 0.354. The molecule has 0 bridgehead atoms. The molecule has 2 amide bonds. The van der Waals surface area contributed by atoms with E-state index in [2.05, 4.69) is 25.4 Å². The Labute approximate surface area is 189 Å². The molecule has 5 heterocycles. The van der Waals surface area contributed by atoms with E-state index in [0.29, 0.717) is 45.2 Å². The molecule has 0 spiro atoms. The lowest BCUT2D eigenvalue weighted by atomic mass is 10.1. The van der Waals surface area contributed by atoms with Crippen molar-refractivity contribution in [1.29, 1.82) is 0 Å². The van der Waals surface area contributed by atoms with Crippen LogP contribution in [0.25, 0.3) is 22.3 Å². The molecule has 5 aromatic rings. The first-order valence-corrected chi connectivity index (χ1v) is 11.3. The van der Waals surface area contributed by atoms with Crippen LogP contribution in [0.3, 0.4) is 0 Å². The Morgan fingerprint density at radius 2 is 2.12 bits per heavy atom. The molecule has 0 saturated heterocycles. The summed E-state index contributed by atoms with van der Waals surface area (Å²) in [4.78, 5) is 37.4. The van der Waals surface area contributed by atoms with E-state index >= 15 is 0 Å². The number of carbonyl (C=O) groups excluding carboxylic acids is 2. The molecule has 0 aliphatic carbocycles. The average molecular weight is 464 g/mol. The summed E-state index contributed by atoms with van der Waals surface area (Å²) in [6.07, 6.45) is 3.32. The third-order valence-electron chi connectivity index (χ3n) is 4.84. The van der Waals surface area contributed by atoms with E-state index in [1.165, 1.54) is 11.3 Å². The van der Waals surface area contributed by atoms with Gasteiger partial charge < -0.3 is 10.7 Å². The van der Waals surface area contributed by atoms with Crippen LogP contribution in [0.5, 0.6) is 0 Å². The Hall–Kier alpha value is -3.83. The molecular formula is C21H17N7O2S2. The van der Waals surface area contributed by atoms with E-state index < -0.39 is 5.91 Å². The van der Waals surface area contributed by atoms with Crippen LogP contribution >= 0.6 is 22.7 Å². The van der Waals surface area contributed by atoms with Gasteiger partial charge in [0.05, 0.1) is 29.4 Å². The molecule has 160 valence electrons. The zero-order chi connectivity index (χ0) is 22.2. The number of amides is 2. The number of anilines is 1. The van der Waals surface area contributed by atoms with Crippen LogP contribution < -0.4 is 11.1 Å². The molecule has 5 aromatic heterocycles. The number of fused-ring (bicyclic) bond motifs is 1. The number of aromatic nitrogens is 5. The van der Waals surface area contributed by atoms with Gasteiger partial charge in [0.1, 0.15) is 5.69 Å². The number of aryl methyl sites for hydroxylation is 1. The van der Waals surface area contributed by atoms with Crippen molar-refractivity contribution in [1.82, 2.24) is 24.7 Å². The molecule has 0 atom stereocenters. The van der Waals surface area contributed by atoms with Gasteiger partial charge >= 0.3 is 0 Å². The number of aromatic amines is 1. The van der Waals surface area contributed by atoms with Crippen molar-refractivity contribution in [2.45, 2.75) is 13.5 Å². The minimum atomic E-state index is -0.545. The maximum atomic E-state index is 13.1. The third-order valence-corrected chi connectivity index (χ3v) is 6.46. The molecular weight excluding hydrogens is 446 g/mol. The van der Waals surface area contributed by atoms with Gasteiger partial charge in [-0.15, -0.1) is 22.7 Å². The SMILES string of the molecule is Cc1cc(C(=O)Nc2nc(-c3c[nH]c(C(N)=O)c3)cs2)c2cnn(Cc3cccs3)c2n1. The molecule has 0 fully saturated rings. The van der Waals surface area contributed by atoms with E-state index in [1.807, 2.05) is 24.4 Å². The maximum Gasteiger partial charge on any atom is 0.265 e. The fourth-order valence-electron chi connectivity index (χ4n) is 3.34. The number of nitrogens with zero attached hydrogens (tertiary/aromatic N) is 4. The fraction of sp³-hybridized carbons (Fsp3) is 0.0952. The van der Waals surface area contributed by atoms with Gasteiger partial charge in [-0.2, -0.15) is 5.10 Å². The summed E-state index contributed by atoms with van der Waals surface area (Å²) in [7, 11) is 0. The van der Waals surface area contributed by atoms with Crippen LogP contribution in [0.2, 0.25) is 0 Å².